The molecule has 8 rings (SSSR count). The first kappa shape index (κ1) is 25.3. The molecule has 0 amide bonds. The topological polar surface area (TPSA) is 0 Å². The summed E-state index contributed by atoms with van der Waals surface area (Å²) in [5, 5.41) is 0. The van der Waals surface area contributed by atoms with Crippen LogP contribution in [0.1, 0.15) is 132 Å². The van der Waals surface area contributed by atoms with Crippen LogP contribution >= 0.6 is 0 Å². The van der Waals surface area contributed by atoms with E-state index >= 15 is 0 Å². The van der Waals surface area contributed by atoms with Crippen LogP contribution in [-0.4, -0.2) is 0 Å². The zero-order chi connectivity index (χ0) is 25.9. The van der Waals surface area contributed by atoms with Crippen molar-refractivity contribution in [3.63, 3.8) is 0 Å². The van der Waals surface area contributed by atoms with Crippen LogP contribution in [0.4, 0.5) is 0 Å². The Bertz CT molecular complexity index is 772. The Balaban J connectivity index is 1.45. The monoisotopic (exact) mass is 544 g/mol. The van der Waals surface area contributed by atoms with E-state index in [1.54, 1.807) is 77.0 Å². The molecule has 0 nitrogen and oxygen atoms in total. The summed E-state index contributed by atoms with van der Waals surface area (Å²) < 4.78 is 3.21. The average molecular weight is 545 g/mol. The fourth-order valence-corrected chi connectivity index (χ4v) is 34.5. The minimum atomic E-state index is -2.14. The van der Waals surface area contributed by atoms with Crippen molar-refractivity contribution in [3.8, 4) is 0 Å². The van der Waals surface area contributed by atoms with E-state index < -0.39 is 13.1 Å². The maximum atomic E-state index is 2.74. The van der Waals surface area contributed by atoms with Crippen LogP contribution in [0.3, 0.4) is 0 Å². The Hall–Kier alpha value is 0.532. The first-order valence-electron chi connectivity index (χ1n) is 17.2. The van der Waals surface area contributed by atoms with Gasteiger partial charge in [0.2, 0.25) is 0 Å². The van der Waals surface area contributed by atoms with E-state index in [0.717, 1.165) is 88.1 Å². The van der Waals surface area contributed by atoms with Gasteiger partial charge in [0, 0.05) is 0 Å². The van der Waals surface area contributed by atoms with Crippen LogP contribution in [-0.2, 0) is 13.1 Å². The van der Waals surface area contributed by atoms with Crippen molar-refractivity contribution >= 4 is 0 Å². The molecule has 8 fully saturated rings. The molecule has 210 valence electrons. The van der Waals surface area contributed by atoms with Crippen LogP contribution in [0.5, 0.6) is 0 Å². The molecule has 1 heteroatoms. The summed E-state index contributed by atoms with van der Waals surface area (Å²) in [5.41, 5.74) is 0. The van der Waals surface area contributed by atoms with Crippen LogP contribution in [0.15, 0.2) is 0 Å². The van der Waals surface area contributed by atoms with Gasteiger partial charge in [-0.2, -0.15) is 0 Å². The van der Waals surface area contributed by atoms with Crippen molar-refractivity contribution in [3.05, 3.63) is 0 Å². The van der Waals surface area contributed by atoms with Crippen molar-refractivity contribution in [1.82, 2.24) is 0 Å². The molecule has 8 bridgehead atoms. The molecular weight excluding hydrogens is 484 g/mol. The van der Waals surface area contributed by atoms with Crippen molar-refractivity contribution in [2.45, 2.75) is 150 Å². The second kappa shape index (κ2) is 7.48. The summed E-state index contributed by atoms with van der Waals surface area (Å²) >= 11 is -2.14. The molecule has 8 aliphatic rings. The zero-order valence-corrected chi connectivity index (χ0v) is 27.1. The quantitative estimate of drug-likeness (QED) is 0.330. The zero-order valence-electron chi connectivity index (χ0n) is 25.8. The number of rotatable bonds is 4. The van der Waals surface area contributed by atoms with E-state index in [9.17, 15) is 0 Å². The van der Waals surface area contributed by atoms with E-state index in [1.807, 2.05) is 0 Å². The van der Waals surface area contributed by atoms with Crippen molar-refractivity contribution in [1.29, 1.82) is 0 Å². The fraction of sp³-hybridized carbons (Fsp3) is 1.00. The molecule has 0 aliphatic heterocycles. The van der Waals surface area contributed by atoms with Gasteiger partial charge in [-0.15, -0.1) is 0 Å². The Labute approximate surface area is 233 Å². The molecule has 0 heterocycles. The van der Waals surface area contributed by atoms with Crippen LogP contribution in [0.25, 0.3) is 0 Å². The van der Waals surface area contributed by atoms with Crippen LogP contribution < -0.4 is 0 Å². The first-order chi connectivity index (χ1) is 17.4. The predicted molar refractivity (Wildman–Crippen MR) is 153 cm³/mol. The van der Waals surface area contributed by atoms with Crippen molar-refractivity contribution < 1.29 is 13.1 Å². The third kappa shape index (κ3) is 2.64. The second-order valence-electron chi connectivity index (χ2n) is 18.3. The van der Waals surface area contributed by atoms with E-state index in [4.69, 9.17) is 0 Å². The molecule has 0 N–H and O–H groups in total. The van der Waals surface area contributed by atoms with E-state index in [2.05, 4.69) is 55.4 Å². The molecule has 0 aromatic rings. The molecule has 0 saturated heterocycles. The second-order valence-corrected chi connectivity index (χ2v) is 25.6. The van der Waals surface area contributed by atoms with Crippen molar-refractivity contribution in [2.24, 2.45) is 71.0 Å². The van der Waals surface area contributed by atoms with Gasteiger partial charge in [-0.05, 0) is 0 Å². The Morgan fingerprint density at radius 2 is 0.459 bits per heavy atom. The van der Waals surface area contributed by atoms with Crippen LogP contribution in [0.2, 0.25) is 17.1 Å². The Morgan fingerprint density at radius 3 is 0.595 bits per heavy atom. The van der Waals surface area contributed by atoms with Crippen LogP contribution in [0, 0.1) is 71.0 Å². The number of fused-ring (bicyclic) bond motifs is 8. The van der Waals surface area contributed by atoms with Gasteiger partial charge in [-0.25, -0.2) is 0 Å². The summed E-state index contributed by atoms with van der Waals surface area (Å²) in [5.74, 6) is 12.4. The standard InChI is InChI=1S/4C9H15.Cr/c4*1-6-3-8-4-7(2)9(6)5-8;/h4*6-7,9H,3-5H2,1-2H3;. The normalized spacial score (nSPS) is 67.7. The molecule has 0 radical (unpaired) electrons. The fourth-order valence-electron chi connectivity index (χ4n) is 16.7. The predicted octanol–water partition coefficient (Wildman–Crippen LogP) is 11.1. The summed E-state index contributed by atoms with van der Waals surface area (Å²) in [6.07, 6.45) is 20.3. The first-order valence-corrected chi connectivity index (χ1v) is 19.8. The van der Waals surface area contributed by atoms with E-state index in [1.165, 1.54) is 0 Å². The third-order valence-electron chi connectivity index (χ3n) is 16.4. The molecule has 0 aromatic heterocycles. The van der Waals surface area contributed by atoms with Gasteiger partial charge < -0.3 is 0 Å². The molecule has 0 aromatic carbocycles. The van der Waals surface area contributed by atoms with Gasteiger partial charge in [0.15, 0.2) is 0 Å². The molecule has 8 saturated carbocycles. The summed E-state index contributed by atoms with van der Waals surface area (Å²) in [7, 11) is 0. The number of hydrogen-bond acceptors (Lipinski definition) is 0. The summed E-state index contributed by atoms with van der Waals surface area (Å²) in [6.45, 7) is 21.9. The van der Waals surface area contributed by atoms with Gasteiger partial charge in [0.05, 0.1) is 0 Å². The molecule has 8 atom stereocenters. The average Bonchev–Trinajstić information content (AvgIpc) is 3.63. The molecule has 37 heavy (non-hydrogen) atoms. The van der Waals surface area contributed by atoms with Gasteiger partial charge in [-0.3, -0.25) is 0 Å². The Morgan fingerprint density at radius 1 is 0.297 bits per heavy atom. The summed E-state index contributed by atoms with van der Waals surface area (Å²) in [4.78, 5) is 0. The van der Waals surface area contributed by atoms with Gasteiger partial charge in [0.25, 0.3) is 0 Å². The van der Waals surface area contributed by atoms with Crippen molar-refractivity contribution in [2.75, 3.05) is 0 Å². The molecule has 8 aliphatic carbocycles. The van der Waals surface area contributed by atoms with Gasteiger partial charge >= 0.3 is 234 Å². The molecular formula is C36H60Cr. The van der Waals surface area contributed by atoms with Gasteiger partial charge in [-0.1, -0.05) is 0 Å². The molecule has 8 unspecified atom stereocenters. The number of hydrogen-bond donors (Lipinski definition) is 0. The Kier molecular flexibility index (Phi) is 5.11. The minimum absolute atomic E-state index is 0.802. The molecule has 0 spiro atoms. The third-order valence-corrected chi connectivity index (χ3v) is 27.7. The van der Waals surface area contributed by atoms with Gasteiger partial charge in [0.1, 0.15) is 0 Å². The SMILES string of the molecule is CC1C[C]2([Cr]([C]34CC(C)C(C3)C(C)C4)([C]34CC(C)C(C3)C(C)C4)[C]34CC(C)C(C3)C(C)C4)CC(C)C1C2. The maximum absolute atomic E-state index is 2.74. The van der Waals surface area contributed by atoms with E-state index in [0.29, 0.717) is 0 Å². The van der Waals surface area contributed by atoms with E-state index in [-0.39, 0.29) is 0 Å². The summed E-state index contributed by atoms with van der Waals surface area (Å²) in [6, 6.07) is 0.